The Hall–Kier alpha value is -2.64. The summed E-state index contributed by atoms with van der Waals surface area (Å²) >= 11 is 7.82. The van der Waals surface area contributed by atoms with Gasteiger partial charge in [-0.2, -0.15) is 4.52 Å². The summed E-state index contributed by atoms with van der Waals surface area (Å²) in [5.41, 5.74) is 2.34. The number of nitrogens with zero attached hydrogens (tertiary/aromatic N) is 4. The summed E-state index contributed by atoms with van der Waals surface area (Å²) < 4.78 is 6.64. The second-order valence-electron chi connectivity index (χ2n) is 5.71. The maximum atomic E-state index is 12.2. The summed E-state index contributed by atoms with van der Waals surface area (Å²) in [6, 6.07) is 15.5. The van der Waals surface area contributed by atoms with Gasteiger partial charge in [0.05, 0.1) is 12.1 Å². The highest BCUT2D eigenvalue weighted by molar-refractivity contribution is 7.98. The minimum Gasteiger partial charge on any atom is -0.461 e. The Kier molecular flexibility index (Phi) is 4.96. The summed E-state index contributed by atoms with van der Waals surface area (Å²) in [6.07, 6.45) is 0. The fraction of sp³-hybridized carbons (Fsp3) is 0.158. The Balaban J connectivity index is 1.81. The lowest BCUT2D eigenvalue weighted by Crippen LogP contribution is -2.07. The molecule has 27 heavy (non-hydrogen) atoms. The van der Waals surface area contributed by atoms with Gasteiger partial charge in [-0.05, 0) is 24.6 Å². The lowest BCUT2D eigenvalue weighted by atomic mass is 10.2. The summed E-state index contributed by atoms with van der Waals surface area (Å²) in [7, 11) is 0. The lowest BCUT2D eigenvalue weighted by molar-refractivity contribution is 0.0521. The van der Waals surface area contributed by atoms with Crippen LogP contribution in [0, 0.1) is 0 Å². The van der Waals surface area contributed by atoms with Gasteiger partial charge in [-0.3, -0.25) is 0 Å². The van der Waals surface area contributed by atoms with E-state index in [-0.39, 0.29) is 12.3 Å². The predicted octanol–water partition coefficient (Wildman–Crippen LogP) is 4.40. The number of thioether (sulfide) groups is 1. The van der Waals surface area contributed by atoms with E-state index in [1.165, 1.54) is 0 Å². The van der Waals surface area contributed by atoms with Gasteiger partial charge in [0.15, 0.2) is 5.65 Å². The Morgan fingerprint density at radius 2 is 1.96 bits per heavy atom. The van der Waals surface area contributed by atoms with Crippen LogP contribution in [-0.4, -0.2) is 32.4 Å². The molecule has 0 saturated carbocycles. The number of carbonyl (C=O) groups is 1. The number of para-hydroxylation sites is 1. The molecule has 136 valence electrons. The summed E-state index contributed by atoms with van der Waals surface area (Å²) in [5.74, 6) is 0.126. The second kappa shape index (κ2) is 7.54. The number of aromatic nitrogens is 4. The van der Waals surface area contributed by atoms with E-state index in [9.17, 15) is 4.79 Å². The molecular formula is C19H15ClN4O2S. The van der Waals surface area contributed by atoms with Crippen LogP contribution in [0.15, 0.2) is 53.6 Å². The fourth-order valence-corrected chi connectivity index (χ4v) is 4.04. The molecule has 4 rings (SSSR count). The molecule has 0 fully saturated rings. The zero-order chi connectivity index (χ0) is 18.8. The Labute approximate surface area is 164 Å². The molecule has 0 aliphatic heterocycles. The number of hydrogen-bond donors (Lipinski definition) is 0. The van der Waals surface area contributed by atoms with Gasteiger partial charge in [-0.1, -0.05) is 53.2 Å². The van der Waals surface area contributed by atoms with Gasteiger partial charge >= 0.3 is 5.97 Å². The summed E-state index contributed by atoms with van der Waals surface area (Å²) in [5, 5.41) is 10.5. The quantitative estimate of drug-likeness (QED) is 0.282. The van der Waals surface area contributed by atoms with Crippen molar-refractivity contribution in [2.24, 2.45) is 0 Å². The van der Waals surface area contributed by atoms with Gasteiger partial charge in [0, 0.05) is 16.2 Å². The minimum absolute atomic E-state index is 0.113. The van der Waals surface area contributed by atoms with Gasteiger partial charge in [0.2, 0.25) is 5.69 Å². The Morgan fingerprint density at radius 1 is 1.19 bits per heavy atom. The van der Waals surface area contributed by atoms with Crippen LogP contribution in [0.4, 0.5) is 0 Å². The van der Waals surface area contributed by atoms with Crippen LogP contribution >= 0.6 is 23.4 Å². The smallest absolute Gasteiger partial charge is 0.362 e. The molecule has 2 aromatic heterocycles. The zero-order valence-corrected chi connectivity index (χ0v) is 16.0. The molecule has 0 N–H and O–H groups in total. The van der Waals surface area contributed by atoms with E-state index in [2.05, 4.69) is 15.3 Å². The van der Waals surface area contributed by atoms with E-state index in [1.807, 2.05) is 48.5 Å². The average molecular weight is 399 g/mol. The molecule has 0 aliphatic rings. The highest BCUT2D eigenvalue weighted by Crippen LogP contribution is 2.31. The first-order valence-corrected chi connectivity index (χ1v) is 9.73. The van der Waals surface area contributed by atoms with Crippen molar-refractivity contribution in [3.05, 3.63) is 64.8 Å². The topological polar surface area (TPSA) is 69.4 Å². The molecule has 0 saturated heterocycles. The Bertz CT molecular complexity index is 1150. The first-order chi connectivity index (χ1) is 13.2. The molecule has 2 heterocycles. The molecule has 0 atom stereocenters. The first kappa shape index (κ1) is 17.8. The van der Waals surface area contributed by atoms with E-state index < -0.39 is 5.97 Å². The third kappa shape index (κ3) is 3.36. The van der Waals surface area contributed by atoms with Crippen molar-refractivity contribution in [2.45, 2.75) is 17.7 Å². The molecule has 0 amide bonds. The highest BCUT2D eigenvalue weighted by atomic mass is 35.5. The predicted molar refractivity (Wildman–Crippen MR) is 105 cm³/mol. The largest absolute Gasteiger partial charge is 0.461 e. The lowest BCUT2D eigenvalue weighted by Gasteiger charge is -2.08. The van der Waals surface area contributed by atoms with Crippen molar-refractivity contribution in [2.75, 3.05) is 6.61 Å². The van der Waals surface area contributed by atoms with Crippen LogP contribution in [0.5, 0.6) is 0 Å². The molecule has 2 aromatic carbocycles. The molecular weight excluding hydrogens is 384 g/mol. The minimum atomic E-state index is -0.530. The molecule has 4 aromatic rings. The van der Waals surface area contributed by atoms with E-state index in [0.717, 1.165) is 21.5 Å². The molecule has 0 bridgehead atoms. The number of benzene rings is 2. The maximum Gasteiger partial charge on any atom is 0.362 e. The van der Waals surface area contributed by atoms with Crippen molar-refractivity contribution < 1.29 is 9.53 Å². The number of fused-ring (bicyclic) bond motifs is 3. The molecule has 0 radical (unpaired) electrons. The summed E-state index contributed by atoms with van der Waals surface area (Å²) in [6.45, 7) is 2.01. The third-order valence-electron chi connectivity index (χ3n) is 4.01. The molecule has 0 spiro atoms. The molecule has 8 heteroatoms. The van der Waals surface area contributed by atoms with Crippen molar-refractivity contribution in [1.82, 2.24) is 19.8 Å². The van der Waals surface area contributed by atoms with Gasteiger partial charge < -0.3 is 4.74 Å². The summed E-state index contributed by atoms with van der Waals surface area (Å²) in [4.78, 5) is 16.9. The molecule has 0 unspecified atom stereocenters. The highest BCUT2D eigenvalue weighted by Gasteiger charge is 2.20. The number of rotatable bonds is 5. The van der Waals surface area contributed by atoms with Crippen LogP contribution in [0.2, 0.25) is 5.02 Å². The third-order valence-corrected chi connectivity index (χ3v) is 5.42. The molecule has 0 aliphatic carbocycles. The van der Waals surface area contributed by atoms with E-state index in [4.69, 9.17) is 16.3 Å². The number of esters is 1. The van der Waals surface area contributed by atoms with E-state index in [1.54, 1.807) is 23.2 Å². The zero-order valence-electron chi connectivity index (χ0n) is 14.4. The monoisotopic (exact) mass is 398 g/mol. The SMILES string of the molecule is CCOC(=O)c1nnn2c1nc(SCc1ccccc1Cl)c1ccccc12. The first-order valence-electron chi connectivity index (χ1n) is 8.36. The second-order valence-corrected chi connectivity index (χ2v) is 7.08. The van der Waals surface area contributed by atoms with Gasteiger partial charge in [0.25, 0.3) is 0 Å². The normalized spacial score (nSPS) is 11.2. The number of ether oxygens (including phenoxy) is 1. The maximum absolute atomic E-state index is 12.2. The van der Waals surface area contributed by atoms with Crippen molar-refractivity contribution in [3.8, 4) is 0 Å². The van der Waals surface area contributed by atoms with Crippen LogP contribution < -0.4 is 0 Å². The average Bonchev–Trinajstić information content (AvgIpc) is 3.11. The van der Waals surface area contributed by atoms with Crippen LogP contribution in [0.25, 0.3) is 16.6 Å². The van der Waals surface area contributed by atoms with Gasteiger partial charge in [0.1, 0.15) is 5.03 Å². The van der Waals surface area contributed by atoms with Crippen molar-refractivity contribution >= 4 is 45.9 Å². The molecule has 6 nitrogen and oxygen atoms in total. The van der Waals surface area contributed by atoms with Crippen LogP contribution in [0.1, 0.15) is 23.0 Å². The van der Waals surface area contributed by atoms with Crippen LogP contribution in [-0.2, 0) is 10.5 Å². The van der Waals surface area contributed by atoms with Crippen molar-refractivity contribution in [1.29, 1.82) is 0 Å². The van der Waals surface area contributed by atoms with Gasteiger partial charge in [-0.15, -0.1) is 16.9 Å². The van der Waals surface area contributed by atoms with Crippen molar-refractivity contribution in [3.63, 3.8) is 0 Å². The van der Waals surface area contributed by atoms with Crippen LogP contribution in [0.3, 0.4) is 0 Å². The fourth-order valence-electron chi connectivity index (χ4n) is 2.74. The van der Waals surface area contributed by atoms with E-state index >= 15 is 0 Å². The van der Waals surface area contributed by atoms with E-state index in [0.29, 0.717) is 16.4 Å². The standard InChI is InChI=1S/C19H15ClN4O2S/c1-2-26-19(25)16-17-21-18(27-11-12-7-3-5-9-14(12)20)13-8-4-6-10-15(13)24(17)23-22-16/h3-10H,2,11H2,1H3. The van der Waals surface area contributed by atoms with Gasteiger partial charge in [-0.25, -0.2) is 9.78 Å². The number of hydrogen-bond acceptors (Lipinski definition) is 6. The number of carbonyl (C=O) groups excluding carboxylic acids is 1. The Morgan fingerprint density at radius 3 is 2.78 bits per heavy atom. The number of halogens is 1.